The molecule has 0 aromatic rings. The fraction of sp³-hybridized carbons (Fsp3) is 0.906. The quantitative estimate of drug-likeness (QED) is 0.0205. The average molecular weight is 1070 g/mol. The number of likely N-dealkylation sites (N-methyl/N-ethyl adjacent to an activating group) is 1. The molecule has 0 spiro atoms. The second-order valence-electron chi connectivity index (χ2n) is 23.3. The number of hydrogen-bond donors (Lipinski definition) is 2. The molecule has 0 saturated heterocycles. The molecule has 0 aromatic heterocycles. The van der Waals surface area contributed by atoms with Crippen molar-refractivity contribution in [3.8, 4) is 0 Å². The van der Waals surface area contributed by atoms with E-state index in [1.54, 1.807) is 0 Å². The Balaban J connectivity index is 5.00. The minimum absolute atomic E-state index is 0.0443. The van der Waals surface area contributed by atoms with E-state index in [-0.39, 0.29) is 25.1 Å². The van der Waals surface area contributed by atoms with Gasteiger partial charge in [-0.1, -0.05) is 277 Å². The van der Waals surface area contributed by atoms with E-state index in [1.807, 2.05) is 33.3 Å². The molecule has 0 radical (unpaired) electrons. The number of phosphoric acid groups is 1. The van der Waals surface area contributed by atoms with Crippen LogP contribution in [0, 0.1) is 0 Å². The Bertz CT molecular complexity index is 1320. The smallest absolute Gasteiger partial charge is 0.456 e. The highest BCUT2D eigenvalue weighted by Gasteiger charge is 2.30. The van der Waals surface area contributed by atoms with Crippen LogP contribution < -0.4 is 5.32 Å². The molecular weight excluding hydrogens is 940 g/mol. The number of rotatable bonds is 59. The molecule has 3 unspecified atom stereocenters. The van der Waals surface area contributed by atoms with Crippen molar-refractivity contribution in [2.24, 2.45) is 0 Å². The van der Waals surface area contributed by atoms with Gasteiger partial charge in [-0.3, -0.25) is 18.6 Å². The van der Waals surface area contributed by atoms with Crippen LogP contribution in [0.1, 0.15) is 323 Å². The summed E-state index contributed by atoms with van der Waals surface area (Å²) >= 11 is 0. The lowest BCUT2D eigenvalue weighted by Gasteiger charge is -2.27. The lowest BCUT2D eigenvalue weighted by atomic mass is 10.0. The van der Waals surface area contributed by atoms with Crippen LogP contribution in [-0.4, -0.2) is 74.3 Å². The summed E-state index contributed by atoms with van der Waals surface area (Å²) in [5, 5.41) is 3.06. The molecule has 0 heterocycles. The minimum Gasteiger partial charge on any atom is -0.456 e. The van der Waals surface area contributed by atoms with Crippen LogP contribution in [0.25, 0.3) is 0 Å². The number of phosphoric ester groups is 1. The Labute approximate surface area is 460 Å². The average Bonchev–Trinajstić information content (AvgIpc) is 3.36. The molecule has 0 rings (SSSR count). The highest BCUT2D eigenvalue weighted by atomic mass is 31.2. The highest BCUT2D eigenvalue weighted by molar-refractivity contribution is 7.47. The van der Waals surface area contributed by atoms with Gasteiger partial charge in [0, 0.05) is 12.8 Å². The summed E-state index contributed by atoms with van der Waals surface area (Å²) in [7, 11) is 1.51. The van der Waals surface area contributed by atoms with Gasteiger partial charge in [0.2, 0.25) is 5.91 Å². The highest BCUT2D eigenvalue weighted by Crippen LogP contribution is 2.43. The van der Waals surface area contributed by atoms with E-state index < -0.39 is 20.0 Å². The van der Waals surface area contributed by atoms with Gasteiger partial charge in [-0.05, 0) is 57.4 Å². The maximum Gasteiger partial charge on any atom is 0.472 e. The number of amides is 1. The molecule has 0 aromatic carbocycles. The monoisotopic (exact) mass is 1070 g/mol. The maximum atomic E-state index is 13.5. The van der Waals surface area contributed by atoms with Crippen LogP contribution in [0.3, 0.4) is 0 Å². The number of esters is 1. The van der Waals surface area contributed by atoms with Crippen molar-refractivity contribution in [2.45, 2.75) is 335 Å². The van der Waals surface area contributed by atoms with Crippen molar-refractivity contribution < 1.29 is 37.3 Å². The van der Waals surface area contributed by atoms with E-state index in [0.29, 0.717) is 23.9 Å². The fourth-order valence-electron chi connectivity index (χ4n) is 9.64. The van der Waals surface area contributed by atoms with Crippen molar-refractivity contribution >= 4 is 19.7 Å². The third kappa shape index (κ3) is 55.3. The van der Waals surface area contributed by atoms with Gasteiger partial charge in [-0.2, -0.15) is 0 Å². The summed E-state index contributed by atoms with van der Waals surface area (Å²) in [5.41, 5.74) is 0. The molecule has 0 saturated carbocycles. The number of nitrogens with one attached hydrogen (secondary N) is 1. The van der Waals surface area contributed by atoms with Crippen LogP contribution in [0.4, 0.5) is 0 Å². The largest absolute Gasteiger partial charge is 0.472 e. The Morgan fingerprint density at radius 3 is 1.15 bits per heavy atom. The molecule has 0 aliphatic carbocycles. The first-order chi connectivity index (χ1) is 35.9. The molecule has 9 nitrogen and oxygen atoms in total. The summed E-state index contributed by atoms with van der Waals surface area (Å²) in [6, 6.07) is -0.840. The molecule has 2 N–H and O–H groups in total. The normalized spacial score (nSPS) is 13.8. The topological polar surface area (TPSA) is 111 Å². The van der Waals surface area contributed by atoms with E-state index in [9.17, 15) is 19.0 Å². The van der Waals surface area contributed by atoms with Crippen LogP contribution in [0.5, 0.6) is 0 Å². The zero-order chi connectivity index (χ0) is 54.3. The first kappa shape index (κ1) is 72.5. The fourth-order valence-corrected chi connectivity index (χ4v) is 10.4. The van der Waals surface area contributed by atoms with Crippen molar-refractivity contribution in [3.05, 3.63) is 24.3 Å². The summed E-state index contributed by atoms with van der Waals surface area (Å²) in [6.45, 7) is 7.04. The zero-order valence-corrected chi connectivity index (χ0v) is 51.0. The Morgan fingerprint density at radius 2 is 0.784 bits per heavy atom. The van der Waals surface area contributed by atoms with Gasteiger partial charge in [0.15, 0.2) is 0 Å². The van der Waals surface area contributed by atoms with E-state index in [2.05, 4.69) is 38.2 Å². The number of nitrogens with zero attached hydrogens (tertiary/aromatic N) is 1. The zero-order valence-electron chi connectivity index (χ0n) is 50.1. The van der Waals surface area contributed by atoms with Crippen LogP contribution in [0.15, 0.2) is 24.3 Å². The molecule has 438 valence electrons. The number of ether oxygens (including phenoxy) is 1. The number of carbonyl (C=O) groups is 2. The summed E-state index contributed by atoms with van der Waals surface area (Å²) in [4.78, 5) is 37.6. The molecule has 0 aliphatic rings. The lowest BCUT2D eigenvalue weighted by molar-refractivity contribution is -0.870. The third-order valence-electron chi connectivity index (χ3n) is 14.6. The molecule has 0 aliphatic heterocycles. The minimum atomic E-state index is -4.44. The van der Waals surface area contributed by atoms with Crippen molar-refractivity contribution in [2.75, 3.05) is 40.9 Å². The Hall–Kier alpha value is -1.51. The van der Waals surface area contributed by atoms with Crippen LogP contribution >= 0.6 is 7.82 Å². The Kier molecular flexibility index (Phi) is 53.7. The number of unbranched alkanes of at least 4 members (excludes halogenated alkanes) is 41. The van der Waals surface area contributed by atoms with Gasteiger partial charge >= 0.3 is 13.8 Å². The molecule has 0 bridgehead atoms. The molecule has 74 heavy (non-hydrogen) atoms. The van der Waals surface area contributed by atoms with E-state index >= 15 is 0 Å². The predicted molar refractivity (Wildman–Crippen MR) is 319 cm³/mol. The summed E-state index contributed by atoms with van der Waals surface area (Å²) < 4.78 is 30.7. The molecule has 1 amide bonds. The van der Waals surface area contributed by atoms with Gasteiger partial charge in [-0.15, -0.1) is 0 Å². The number of carbonyl (C=O) groups excluding carboxylic acids is 2. The van der Waals surface area contributed by atoms with E-state index in [4.69, 9.17) is 13.8 Å². The molecule has 3 atom stereocenters. The SMILES string of the molecule is CCCCCCCC/C=C/CCCCCCCCCCCCCCCCCC(=O)OC(/C=C\CCCCCCCCCCCC)C(COP(=O)(O)OCC[N+](C)(C)C)NC(=O)CCCCCCCCCCCCC. The van der Waals surface area contributed by atoms with Crippen LogP contribution in [-0.2, 0) is 27.9 Å². The van der Waals surface area contributed by atoms with Gasteiger partial charge < -0.3 is 19.4 Å². The van der Waals surface area contributed by atoms with Gasteiger partial charge in [0.05, 0.1) is 33.8 Å². The summed E-state index contributed by atoms with van der Waals surface area (Å²) in [5.74, 6) is -0.489. The lowest BCUT2D eigenvalue weighted by Crippen LogP contribution is -2.47. The van der Waals surface area contributed by atoms with Gasteiger partial charge in [0.25, 0.3) is 0 Å². The number of allylic oxidation sites excluding steroid dienone is 3. The first-order valence-electron chi connectivity index (χ1n) is 32.2. The number of hydrogen-bond acceptors (Lipinski definition) is 6. The van der Waals surface area contributed by atoms with E-state index in [0.717, 1.165) is 57.8 Å². The third-order valence-corrected chi connectivity index (χ3v) is 15.6. The van der Waals surface area contributed by atoms with Gasteiger partial charge in [0.1, 0.15) is 19.3 Å². The van der Waals surface area contributed by atoms with Crippen molar-refractivity contribution in [1.29, 1.82) is 0 Å². The second kappa shape index (κ2) is 54.8. The molecular formula is C64H126N2O7P+. The molecule has 0 fully saturated rings. The summed E-state index contributed by atoms with van der Waals surface area (Å²) in [6.07, 6.45) is 64.7. The van der Waals surface area contributed by atoms with Gasteiger partial charge in [-0.25, -0.2) is 4.57 Å². The Morgan fingerprint density at radius 1 is 0.459 bits per heavy atom. The first-order valence-corrected chi connectivity index (χ1v) is 33.7. The van der Waals surface area contributed by atoms with Crippen LogP contribution in [0.2, 0.25) is 0 Å². The predicted octanol–water partition coefficient (Wildman–Crippen LogP) is 19.7. The van der Waals surface area contributed by atoms with Crippen molar-refractivity contribution in [3.63, 3.8) is 0 Å². The molecule has 10 heteroatoms. The van der Waals surface area contributed by atoms with E-state index in [1.165, 1.54) is 231 Å². The standard InChI is InChI=1S/C64H125N2O7P/c1-7-10-13-16-19-22-25-27-28-29-30-31-32-33-34-35-36-37-38-39-42-45-48-51-54-57-64(68)73-62(55-52-49-46-43-41-26-23-20-17-14-11-8-2)61(60-72-74(69,70)71-59-58-66(4,5)6)65-63(67)56-53-50-47-44-40-24-21-18-15-12-9-3/h27-28,52,55,61-62H,7-26,29-51,53-54,56-60H2,1-6H3,(H-,65,67,69,70)/p+1/b28-27+,55-52-. The number of quaternary nitrogens is 1. The maximum absolute atomic E-state index is 13.5. The van der Waals surface area contributed by atoms with Crippen molar-refractivity contribution in [1.82, 2.24) is 5.32 Å². The second-order valence-corrected chi connectivity index (χ2v) is 24.7.